The number of hydrogen-bond donors (Lipinski definition) is 4. The molecule has 23 heavy (non-hydrogen) atoms. The van der Waals surface area contributed by atoms with E-state index < -0.39 is 16.7 Å². The Labute approximate surface area is 133 Å². The number of anilines is 1. The number of aromatic nitrogens is 3. The van der Waals surface area contributed by atoms with Crippen LogP contribution in [-0.4, -0.2) is 37.7 Å². The number of thioether (sulfide) groups is 1. The normalized spacial score (nSPS) is 10.1. The fraction of sp³-hybridized carbons (Fsp3) is 0.0909. The third kappa shape index (κ3) is 4.67. The number of nitrogens with one attached hydrogen (secondary N) is 3. The van der Waals surface area contributed by atoms with Gasteiger partial charge < -0.3 is 5.73 Å². The van der Waals surface area contributed by atoms with Crippen molar-refractivity contribution in [2.75, 3.05) is 11.5 Å². The van der Waals surface area contributed by atoms with Crippen molar-refractivity contribution in [1.82, 2.24) is 26.0 Å². The number of aromatic amines is 1. The summed E-state index contributed by atoms with van der Waals surface area (Å²) in [7, 11) is 0. The maximum absolute atomic E-state index is 11.8. The maximum atomic E-state index is 11.8. The van der Waals surface area contributed by atoms with Gasteiger partial charge in [0.05, 0.1) is 10.7 Å². The summed E-state index contributed by atoms with van der Waals surface area (Å²) in [5.74, 6) is -1.09. The number of nitrogens with two attached hydrogens (primary N) is 1. The van der Waals surface area contributed by atoms with Crippen molar-refractivity contribution in [3.8, 4) is 0 Å². The van der Waals surface area contributed by atoms with Crippen LogP contribution in [0.3, 0.4) is 0 Å². The Morgan fingerprint density at radius 3 is 2.83 bits per heavy atom. The fourth-order valence-electron chi connectivity index (χ4n) is 1.45. The monoisotopic (exact) mass is 337 g/mol. The van der Waals surface area contributed by atoms with E-state index in [9.17, 15) is 19.7 Å². The molecule has 0 fully saturated rings. The molecule has 1 heterocycles. The Kier molecular flexibility index (Phi) is 5.09. The molecule has 0 atom stereocenters. The summed E-state index contributed by atoms with van der Waals surface area (Å²) in [4.78, 5) is 37.2. The van der Waals surface area contributed by atoms with Gasteiger partial charge in [0.2, 0.25) is 17.0 Å². The summed E-state index contributed by atoms with van der Waals surface area (Å²) in [5.41, 5.74) is 9.50. The van der Waals surface area contributed by atoms with E-state index in [2.05, 4.69) is 26.0 Å². The predicted octanol–water partition coefficient (Wildman–Crippen LogP) is -0.152. The minimum absolute atomic E-state index is 0.0491. The van der Waals surface area contributed by atoms with Gasteiger partial charge in [0.1, 0.15) is 0 Å². The first kappa shape index (κ1) is 16.2. The number of carbonyl (C=O) groups is 2. The van der Waals surface area contributed by atoms with Gasteiger partial charge in [-0.3, -0.25) is 30.6 Å². The number of nitrogen functional groups attached to an aromatic ring is 1. The molecule has 120 valence electrons. The molecule has 11 nitrogen and oxygen atoms in total. The summed E-state index contributed by atoms with van der Waals surface area (Å²) < 4.78 is 0. The highest BCUT2D eigenvalue weighted by Gasteiger charge is 2.12. The van der Waals surface area contributed by atoms with Gasteiger partial charge >= 0.3 is 0 Å². The average molecular weight is 337 g/mol. The van der Waals surface area contributed by atoms with Crippen LogP contribution in [-0.2, 0) is 4.79 Å². The van der Waals surface area contributed by atoms with Gasteiger partial charge in [0.25, 0.3) is 11.6 Å². The van der Waals surface area contributed by atoms with Crippen molar-refractivity contribution in [2.45, 2.75) is 5.16 Å². The summed E-state index contributed by atoms with van der Waals surface area (Å²) in [6.07, 6.45) is 0. The highest BCUT2D eigenvalue weighted by Crippen LogP contribution is 2.13. The van der Waals surface area contributed by atoms with Crippen LogP contribution >= 0.6 is 11.8 Å². The fourth-order valence-corrected chi connectivity index (χ4v) is 2.05. The lowest BCUT2D eigenvalue weighted by Gasteiger charge is -2.06. The Morgan fingerprint density at radius 1 is 1.39 bits per heavy atom. The number of carbonyl (C=O) groups excluding carboxylic acids is 2. The average Bonchev–Trinajstić information content (AvgIpc) is 2.96. The summed E-state index contributed by atoms with van der Waals surface area (Å²) in [6, 6.07) is 5.12. The zero-order valence-electron chi connectivity index (χ0n) is 11.5. The van der Waals surface area contributed by atoms with E-state index in [1.807, 2.05) is 0 Å². The van der Waals surface area contributed by atoms with E-state index in [1.165, 1.54) is 18.2 Å². The molecule has 12 heteroatoms. The number of H-pyrrole nitrogens is 1. The molecule has 1 aromatic carbocycles. The highest BCUT2D eigenvalue weighted by atomic mass is 32.2. The molecule has 0 aliphatic rings. The first-order valence-electron chi connectivity index (χ1n) is 6.10. The lowest BCUT2D eigenvalue weighted by atomic mass is 10.2. The van der Waals surface area contributed by atoms with E-state index in [0.29, 0.717) is 5.16 Å². The molecule has 0 aliphatic heterocycles. The van der Waals surface area contributed by atoms with Crippen molar-refractivity contribution in [2.24, 2.45) is 0 Å². The van der Waals surface area contributed by atoms with Gasteiger partial charge in [0, 0.05) is 17.7 Å². The lowest BCUT2D eigenvalue weighted by Crippen LogP contribution is -2.42. The third-order valence-corrected chi connectivity index (χ3v) is 3.30. The number of amides is 2. The first-order valence-corrected chi connectivity index (χ1v) is 7.08. The molecule has 0 unspecified atom stereocenters. The van der Waals surface area contributed by atoms with Gasteiger partial charge in [-0.2, -0.15) is 4.98 Å². The second-order valence-corrected chi connectivity index (χ2v) is 5.04. The molecule has 2 rings (SSSR count). The second-order valence-electron chi connectivity index (χ2n) is 4.10. The summed E-state index contributed by atoms with van der Waals surface area (Å²) in [6.45, 7) is 0. The van der Waals surface area contributed by atoms with E-state index in [0.717, 1.165) is 17.8 Å². The Balaban J connectivity index is 1.82. The van der Waals surface area contributed by atoms with Gasteiger partial charge in [-0.25, -0.2) is 5.10 Å². The van der Waals surface area contributed by atoms with Crippen molar-refractivity contribution < 1.29 is 14.5 Å². The standard InChI is InChI=1S/C11H11N7O4S/c12-10-13-11(17-16-10)23-5-8(19)14-15-9(20)6-2-1-3-7(4-6)18(21)22/h1-4H,5H2,(H,14,19)(H,15,20)(H3,12,13,16,17). The molecule has 0 spiro atoms. The molecule has 0 saturated carbocycles. The topological polar surface area (TPSA) is 169 Å². The zero-order chi connectivity index (χ0) is 16.8. The molecular formula is C11H11N7O4S. The van der Waals surface area contributed by atoms with E-state index in [4.69, 9.17) is 5.73 Å². The van der Waals surface area contributed by atoms with Crippen LogP contribution in [0.15, 0.2) is 29.4 Å². The maximum Gasteiger partial charge on any atom is 0.270 e. The van der Waals surface area contributed by atoms with Crippen LogP contribution < -0.4 is 16.6 Å². The van der Waals surface area contributed by atoms with Crippen LogP contribution in [0.4, 0.5) is 11.6 Å². The van der Waals surface area contributed by atoms with E-state index in [1.54, 1.807) is 0 Å². The Bertz CT molecular complexity index is 747. The van der Waals surface area contributed by atoms with Crippen molar-refractivity contribution >= 4 is 35.2 Å². The molecule has 2 amide bonds. The highest BCUT2D eigenvalue weighted by molar-refractivity contribution is 7.99. The molecule has 2 aromatic rings. The zero-order valence-corrected chi connectivity index (χ0v) is 12.3. The van der Waals surface area contributed by atoms with Crippen LogP contribution in [0.2, 0.25) is 0 Å². The van der Waals surface area contributed by atoms with Gasteiger partial charge in [-0.05, 0) is 6.07 Å². The molecule has 1 aromatic heterocycles. The van der Waals surface area contributed by atoms with Gasteiger partial charge in [-0.1, -0.05) is 17.8 Å². The number of rotatable bonds is 5. The van der Waals surface area contributed by atoms with Gasteiger partial charge in [-0.15, -0.1) is 5.10 Å². The molecular weight excluding hydrogens is 326 g/mol. The number of hydrogen-bond acceptors (Lipinski definition) is 8. The van der Waals surface area contributed by atoms with Crippen LogP contribution in [0.5, 0.6) is 0 Å². The quantitative estimate of drug-likeness (QED) is 0.331. The molecule has 0 saturated heterocycles. The minimum Gasteiger partial charge on any atom is -0.368 e. The van der Waals surface area contributed by atoms with Crippen molar-refractivity contribution in [3.63, 3.8) is 0 Å². The van der Waals surface area contributed by atoms with E-state index in [-0.39, 0.29) is 23.0 Å². The molecule has 0 bridgehead atoms. The smallest absolute Gasteiger partial charge is 0.270 e. The minimum atomic E-state index is -0.672. The lowest BCUT2D eigenvalue weighted by molar-refractivity contribution is -0.384. The number of benzene rings is 1. The molecule has 0 aliphatic carbocycles. The van der Waals surface area contributed by atoms with Crippen molar-refractivity contribution in [3.05, 3.63) is 39.9 Å². The van der Waals surface area contributed by atoms with Gasteiger partial charge in [0.15, 0.2) is 0 Å². The largest absolute Gasteiger partial charge is 0.368 e. The third-order valence-electron chi connectivity index (χ3n) is 2.45. The second kappa shape index (κ2) is 7.22. The predicted molar refractivity (Wildman–Crippen MR) is 80.2 cm³/mol. The summed E-state index contributed by atoms with van der Waals surface area (Å²) in [5, 5.41) is 17.1. The number of hydrazine groups is 1. The Hall–Kier alpha value is -3.15. The first-order chi connectivity index (χ1) is 11.0. The summed E-state index contributed by atoms with van der Waals surface area (Å²) >= 11 is 1.02. The number of nitro groups is 1. The molecule has 0 radical (unpaired) electrons. The van der Waals surface area contributed by atoms with Crippen LogP contribution in [0.1, 0.15) is 10.4 Å². The number of non-ortho nitro benzene ring substituents is 1. The SMILES string of the molecule is Nc1nc(SCC(=O)NNC(=O)c2cccc([N+](=O)[O-])c2)n[nH]1. The van der Waals surface area contributed by atoms with Crippen LogP contribution in [0, 0.1) is 10.1 Å². The molecule has 5 N–H and O–H groups in total. The Morgan fingerprint density at radius 2 is 2.17 bits per heavy atom. The number of nitrogens with zero attached hydrogens (tertiary/aromatic N) is 3. The van der Waals surface area contributed by atoms with Crippen LogP contribution in [0.25, 0.3) is 0 Å². The van der Waals surface area contributed by atoms with Crippen molar-refractivity contribution in [1.29, 1.82) is 0 Å². The van der Waals surface area contributed by atoms with E-state index >= 15 is 0 Å². The number of nitro benzene ring substituents is 1.